The zero-order chi connectivity index (χ0) is 12.6. The molecule has 2 rings (SSSR count). The highest BCUT2D eigenvalue weighted by Crippen LogP contribution is 2.18. The van der Waals surface area contributed by atoms with E-state index in [4.69, 9.17) is 0 Å². The van der Waals surface area contributed by atoms with Crippen molar-refractivity contribution in [2.75, 3.05) is 0 Å². The van der Waals surface area contributed by atoms with Gasteiger partial charge in [-0.25, -0.2) is 4.79 Å². The molecule has 0 saturated heterocycles. The second kappa shape index (κ2) is 6.30. The normalized spacial score (nSPS) is 10.4. The van der Waals surface area contributed by atoms with Crippen LogP contribution in [0.15, 0.2) is 64.8 Å². The van der Waals surface area contributed by atoms with Crippen molar-refractivity contribution in [3.63, 3.8) is 0 Å². The van der Waals surface area contributed by atoms with Gasteiger partial charge in [-0.2, -0.15) is 10.2 Å². The fourth-order valence-corrected chi connectivity index (χ4v) is 1.38. The van der Waals surface area contributed by atoms with Crippen LogP contribution in [0.3, 0.4) is 0 Å². The lowest BCUT2D eigenvalue weighted by Crippen LogP contribution is -1.88. The number of hydrogen-bond donors (Lipinski definition) is 0. The molecule has 0 unspecified atom stereocenters. The quantitative estimate of drug-likeness (QED) is 0.747. The third-order valence-electron chi connectivity index (χ3n) is 2.27. The summed E-state index contributed by atoms with van der Waals surface area (Å²) in [4.78, 5) is 9.92. The fraction of sp³-hybridized carbons (Fsp3) is 0.0714. The highest BCUT2D eigenvalue weighted by Gasteiger charge is 1.94. The molecule has 0 atom stereocenters. The topological polar surface area (TPSA) is 51.0 Å². The van der Waals surface area contributed by atoms with Gasteiger partial charge in [0.25, 0.3) is 0 Å². The number of carbonyl (C=O) groups excluding carboxylic acids is 1. The summed E-state index contributed by atoms with van der Waals surface area (Å²) in [6, 6.07) is 16.8. The number of rotatable bonds is 5. The average molecular weight is 239 g/mol. The molecule has 0 aliphatic carbocycles. The smallest absolute Gasteiger partial charge is 0.417 e. The Labute approximate surface area is 105 Å². The highest BCUT2D eigenvalue weighted by atomic mass is 16.5. The van der Waals surface area contributed by atoms with E-state index >= 15 is 0 Å². The summed E-state index contributed by atoms with van der Waals surface area (Å²) >= 11 is 0. The van der Waals surface area contributed by atoms with E-state index in [1.165, 1.54) is 6.47 Å². The molecule has 0 bridgehead atoms. The van der Waals surface area contributed by atoms with E-state index in [1.54, 1.807) is 0 Å². The van der Waals surface area contributed by atoms with E-state index in [2.05, 4.69) is 15.0 Å². The number of nitrogens with zero attached hydrogens (tertiary/aromatic N) is 2. The van der Waals surface area contributed by atoms with Gasteiger partial charge < -0.3 is 4.74 Å². The first-order valence-electron chi connectivity index (χ1n) is 5.43. The molecule has 4 heteroatoms. The van der Waals surface area contributed by atoms with Crippen molar-refractivity contribution in [2.24, 2.45) is 10.2 Å². The standard InChI is InChI=1S/C14H11N2O2/c17-11-18-10-12-6-8-14(9-7-12)16-15-13-4-2-1-3-5-13/h1-9H,10H2. The van der Waals surface area contributed by atoms with Gasteiger partial charge in [0.05, 0.1) is 11.4 Å². The summed E-state index contributed by atoms with van der Waals surface area (Å²) in [5.41, 5.74) is 2.44. The van der Waals surface area contributed by atoms with Crippen LogP contribution in [0.4, 0.5) is 11.4 Å². The Morgan fingerprint density at radius 1 is 0.889 bits per heavy atom. The molecular formula is C14H11N2O2. The van der Waals surface area contributed by atoms with Crippen LogP contribution < -0.4 is 0 Å². The lowest BCUT2D eigenvalue weighted by molar-refractivity contribution is 0.267. The maximum atomic E-state index is 9.92. The first-order valence-corrected chi connectivity index (χ1v) is 5.43. The van der Waals surface area contributed by atoms with Crippen LogP contribution in [0.1, 0.15) is 5.56 Å². The molecule has 2 aromatic carbocycles. The average Bonchev–Trinajstić information content (AvgIpc) is 2.45. The number of ether oxygens (including phenoxy) is 1. The van der Waals surface area contributed by atoms with Crippen molar-refractivity contribution >= 4 is 17.8 Å². The lowest BCUT2D eigenvalue weighted by Gasteiger charge is -1.98. The molecule has 18 heavy (non-hydrogen) atoms. The SMILES string of the molecule is O=[C]OCc1ccc(N=Nc2ccccc2)cc1. The zero-order valence-corrected chi connectivity index (χ0v) is 9.61. The molecule has 0 aromatic heterocycles. The van der Waals surface area contributed by atoms with Crippen molar-refractivity contribution < 1.29 is 9.53 Å². The van der Waals surface area contributed by atoms with Gasteiger partial charge in [-0.05, 0) is 29.8 Å². The highest BCUT2D eigenvalue weighted by molar-refractivity contribution is 5.42. The molecule has 0 aliphatic heterocycles. The van der Waals surface area contributed by atoms with Crippen LogP contribution in [0, 0.1) is 0 Å². The summed E-state index contributed by atoms with van der Waals surface area (Å²) in [5, 5.41) is 8.20. The van der Waals surface area contributed by atoms with Gasteiger partial charge >= 0.3 is 6.47 Å². The minimum absolute atomic E-state index is 0.222. The predicted octanol–water partition coefficient (Wildman–Crippen LogP) is 3.69. The number of azo groups is 1. The van der Waals surface area contributed by atoms with Crippen molar-refractivity contribution in [1.82, 2.24) is 0 Å². The van der Waals surface area contributed by atoms with Crippen LogP contribution >= 0.6 is 0 Å². The Kier molecular flexibility index (Phi) is 4.19. The molecule has 0 saturated carbocycles. The van der Waals surface area contributed by atoms with Gasteiger partial charge in [-0.3, -0.25) is 0 Å². The Bertz CT molecular complexity index is 521. The molecule has 0 spiro atoms. The minimum Gasteiger partial charge on any atom is -0.452 e. The minimum atomic E-state index is 0.222. The van der Waals surface area contributed by atoms with Gasteiger partial charge in [-0.15, -0.1) is 0 Å². The van der Waals surface area contributed by atoms with Crippen LogP contribution in [0.2, 0.25) is 0 Å². The maximum Gasteiger partial charge on any atom is 0.417 e. The predicted molar refractivity (Wildman–Crippen MR) is 67.5 cm³/mol. The largest absolute Gasteiger partial charge is 0.452 e. The second-order valence-electron chi connectivity index (χ2n) is 3.57. The Morgan fingerprint density at radius 2 is 1.50 bits per heavy atom. The van der Waals surface area contributed by atoms with Crippen LogP contribution in [0.5, 0.6) is 0 Å². The molecule has 0 heterocycles. The summed E-state index contributed by atoms with van der Waals surface area (Å²) < 4.78 is 4.53. The third-order valence-corrected chi connectivity index (χ3v) is 2.27. The van der Waals surface area contributed by atoms with E-state index in [0.717, 1.165) is 16.9 Å². The van der Waals surface area contributed by atoms with Gasteiger partial charge in [0.1, 0.15) is 6.61 Å². The molecule has 0 amide bonds. The fourth-order valence-electron chi connectivity index (χ4n) is 1.38. The van der Waals surface area contributed by atoms with Crippen molar-refractivity contribution in [3.8, 4) is 0 Å². The Hall–Kier alpha value is -2.49. The third kappa shape index (κ3) is 3.52. The summed E-state index contributed by atoms with van der Waals surface area (Å²) in [7, 11) is 0. The maximum absolute atomic E-state index is 9.92. The molecule has 0 N–H and O–H groups in total. The second-order valence-corrected chi connectivity index (χ2v) is 3.57. The first-order chi connectivity index (χ1) is 8.88. The van der Waals surface area contributed by atoms with Crippen molar-refractivity contribution in [2.45, 2.75) is 6.61 Å². The molecular weight excluding hydrogens is 228 g/mol. The van der Waals surface area contributed by atoms with Crippen LogP contribution in [0.25, 0.3) is 0 Å². The van der Waals surface area contributed by atoms with E-state index in [-0.39, 0.29) is 6.61 Å². The van der Waals surface area contributed by atoms with Gasteiger partial charge in [0.2, 0.25) is 0 Å². The molecule has 0 fully saturated rings. The molecule has 89 valence electrons. The van der Waals surface area contributed by atoms with E-state index < -0.39 is 0 Å². The first kappa shape index (κ1) is 12.0. The molecule has 2 aromatic rings. The van der Waals surface area contributed by atoms with Crippen molar-refractivity contribution in [1.29, 1.82) is 0 Å². The van der Waals surface area contributed by atoms with Gasteiger partial charge in [0, 0.05) is 0 Å². The van der Waals surface area contributed by atoms with E-state index in [9.17, 15) is 4.79 Å². The number of hydrogen-bond acceptors (Lipinski definition) is 4. The van der Waals surface area contributed by atoms with E-state index in [1.807, 2.05) is 54.6 Å². The molecule has 1 radical (unpaired) electrons. The van der Waals surface area contributed by atoms with E-state index in [0.29, 0.717) is 0 Å². The van der Waals surface area contributed by atoms with Crippen LogP contribution in [-0.4, -0.2) is 6.47 Å². The summed E-state index contributed by atoms with van der Waals surface area (Å²) in [6.45, 7) is 1.61. The van der Waals surface area contributed by atoms with Crippen molar-refractivity contribution in [3.05, 3.63) is 60.2 Å². The monoisotopic (exact) mass is 239 g/mol. The zero-order valence-electron chi connectivity index (χ0n) is 9.61. The van der Waals surface area contributed by atoms with Gasteiger partial charge in [-0.1, -0.05) is 30.3 Å². The lowest BCUT2D eigenvalue weighted by atomic mass is 10.2. The Morgan fingerprint density at radius 3 is 2.11 bits per heavy atom. The molecule has 4 nitrogen and oxygen atoms in total. The molecule has 0 aliphatic rings. The summed E-state index contributed by atoms with van der Waals surface area (Å²) in [6.07, 6.45) is 0. The Balaban J connectivity index is 2.02. The van der Waals surface area contributed by atoms with Gasteiger partial charge in [0.15, 0.2) is 0 Å². The number of benzene rings is 2. The summed E-state index contributed by atoms with van der Waals surface area (Å²) in [5.74, 6) is 0. The van der Waals surface area contributed by atoms with Crippen LogP contribution in [-0.2, 0) is 16.1 Å².